The van der Waals surface area contributed by atoms with E-state index in [2.05, 4.69) is 30.4 Å². The lowest BCUT2D eigenvalue weighted by molar-refractivity contribution is -0.110. The molecule has 2 aromatic heterocycles. The molecule has 0 aliphatic rings. The smallest absolute Gasteiger partial charge is 0.279 e. The van der Waals surface area contributed by atoms with Crippen LogP contribution in [0.25, 0.3) is 0 Å². The minimum atomic E-state index is -3.50. The molecule has 3 rings (SSSR count). The second-order valence-corrected chi connectivity index (χ2v) is 9.08. The van der Waals surface area contributed by atoms with Crippen molar-refractivity contribution in [1.29, 1.82) is 0 Å². The molecule has 0 unspecified atom stereocenters. The van der Waals surface area contributed by atoms with E-state index in [9.17, 15) is 13.2 Å². The zero-order valence-electron chi connectivity index (χ0n) is 19.1. The van der Waals surface area contributed by atoms with Crippen molar-refractivity contribution >= 4 is 27.3 Å². The van der Waals surface area contributed by atoms with Crippen molar-refractivity contribution in [2.75, 3.05) is 31.9 Å². The highest BCUT2D eigenvalue weighted by atomic mass is 32.2. The van der Waals surface area contributed by atoms with Crippen LogP contribution < -0.4 is 10.1 Å². The molecule has 0 saturated heterocycles. The van der Waals surface area contributed by atoms with Gasteiger partial charge >= 0.3 is 0 Å². The number of hydrogen-bond donors (Lipinski definition) is 1. The molecular formula is C22H24N6O6S. The van der Waals surface area contributed by atoms with Crippen LogP contribution in [0.2, 0.25) is 0 Å². The Morgan fingerprint density at radius 1 is 1.03 bits per heavy atom. The largest absolute Gasteiger partial charge is 0.480 e. The summed E-state index contributed by atoms with van der Waals surface area (Å²) in [5, 5.41) is 6.53. The molecule has 0 radical (unpaired) electrons. The molecule has 0 atom stereocenters. The quantitative estimate of drug-likeness (QED) is 0.220. The van der Waals surface area contributed by atoms with E-state index in [1.165, 1.54) is 50.9 Å². The Morgan fingerprint density at radius 2 is 1.77 bits per heavy atom. The van der Waals surface area contributed by atoms with Crippen LogP contribution in [-0.4, -0.2) is 66.6 Å². The first-order valence-corrected chi connectivity index (χ1v) is 12.0. The minimum Gasteiger partial charge on any atom is -0.480 e. The van der Waals surface area contributed by atoms with Crippen molar-refractivity contribution in [3.05, 3.63) is 66.5 Å². The van der Waals surface area contributed by atoms with Gasteiger partial charge in [0.1, 0.15) is 0 Å². The maximum Gasteiger partial charge on any atom is 0.279 e. The Hall–Kier alpha value is -3.97. The number of hydrogen-bond acceptors (Lipinski definition) is 11. The van der Waals surface area contributed by atoms with Crippen LogP contribution in [0.5, 0.6) is 5.88 Å². The van der Waals surface area contributed by atoms with E-state index in [1.54, 1.807) is 18.5 Å². The Balaban J connectivity index is 1.82. The molecule has 12 nitrogen and oxygen atoms in total. The van der Waals surface area contributed by atoms with E-state index in [1.807, 2.05) is 0 Å². The number of ether oxygens (including phenoxy) is 2. The molecule has 1 N–H and O–H groups in total. The normalized spacial score (nSPS) is 11.7. The van der Waals surface area contributed by atoms with Crippen LogP contribution in [0.4, 0.5) is 5.82 Å². The highest BCUT2D eigenvalue weighted by Gasteiger charge is 2.19. The monoisotopic (exact) mass is 500 g/mol. The number of aromatic nitrogens is 4. The molecule has 13 heteroatoms. The van der Waals surface area contributed by atoms with Gasteiger partial charge in [-0.3, -0.25) is 4.79 Å². The summed E-state index contributed by atoms with van der Waals surface area (Å²) in [6.45, 7) is 0.261. The molecule has 0 bridgehead atoms. The number of anilines is 1. The van der Waals surface area contributed by atoms with Crippen LogP contribution in [-0.2, 0) is 30.8 Å². The lowest BCUT2D eigenvalue weighted by Gasteiger charge is -2.09. The molecule has 0 saturated carbocycles. The van der Waals surface area contributed by atoms with Crippen LogP contribution in [0.3, 0.4) is 0 Å². The lowest BCUT2D eigenvalue weighted by Crippen LogP contribution is -2.25. The van der Waals surface area contributed by atoms with E-state index >= 15 is 0 Å². The zero-order chi connectivity index (χ0) is 25.1. The third kappa shape index (κ3) is 7.52. The second kappa shape index (κ2) is 12.5. The maximum atomic E-state index is 13.0. The number of carbonyl (C=O) groups excluding carboxylic acids is 1. The van der Waals surface area contributed by atoms with Crippen LogP contribution in [0.1, 0.15) is 17.8 Å². The van der Waals surface area contributed by atoms with E-state index in [4.69, 9.17) is 14.3 Å². The molecule has 35 heavy (non-hydrogen) atoms. The summed E-state index contributed by atoms with van der Waals surface area (Å²) in [6, 6.07) is 7.43. The highest BCUT2D eigenvalue weighted by Crippen LogP contribution is 2.15. The van der Waals surface area contributed by atoms with E-state index < -0.39 is 15.7 Å². The Labute approximate surface area is 202 Å². The van der Waals surface area contributed by atoms with Gasteiger partial charge in [0.2, 0.25) is 5.88 Å². The number of benzene rings is 1. The topological polar surface area (TPSA) is 155 Å². The van der Waals surface area contributed by atoms with Crippen molar-refractivity contribution < 1.29 is 27.5 Å². The van der Waals surface area contributed by atoms with Gasteiger partial charge in [0, 0.05) is 31.7 Å². The molecule has 1 aromatic carbocycles. The zero-order valence-corrected chi connectivity index (χ0v) is 19.9. The van der Waals surface area contributed by atoms with Gasteiger partial charge < -0.3 is 19.6 Å². The number of sulfone groups is 1. The summed E-state index contributed by atoms with van der Waals surface area (Å²) in [7, 11) is -0.544. The predicted octanol–water partition coefficient (Wildman–Crippen LogP) is 1.64. The molecule has 0 fully saturated rings. The maximum absolute atomic E-state index is 13.0. The number of rotatable bonds is 12. The summed E-state index contributed by atoms with van der Waals surface area (Å²) in [5.74, 6) is 0.110. The SMILES string of the molecule is COCCCS(=O)(=O)c1ccc(C(=NOCc2ncccn2)C(=O)Nc2cnc(OC)cn2)cc1. The molecule has 1 amide bonds. The fourth-order valence-corrected chi connectivity index (χ4v) is 4.06. The van der Waals surface area contributed by atoms with Gasteiger partial charge in [-0.1, -0.05) is 17.3 Å². The van der Waals surface area contributed by atoms with Gasteiger partial charge in [-0.05, 0) is 24.6 Å². The van der Waals surface area contributed by atoms with Gasteiger partial charge in [-0.2, -0.15) is 0 Å². The van der Waals surface area contributed by atoms with E-state index in [0.29, 0.717) is 24.4 Å². The summed E-state index contributed by atoms with van der Waals surface area (Å²) < 4.78 is 34.9. The first-order valence-electron chi connectivity index (χ1n) is 10.4. The molecule has 184 valence electrons. The third-order valence-corrected chi connectivity index (χ3v) is 6.33. The van der Waals surface area contributed by atoms with Gasteiger partial charge in [-0.15, -0.1) is 0 Å². The average molecular weight is 501 g/mol. The number of carbonyl (C=O) groups is 1. The van der Waals surface area contributed by atoms with Gasteiger partial charge in [0.15, 0.2) is 33.8 Å². The van der Waals surface area contributed by atoms with Crippen molar-refractivity contribution in [2.24, 2.45) is 5.16 Å². The average Bonchev–Trinajstić information content (AvgIpc) is 2.88. The fourth-order valence-electron chi connectivity index (χ4n) is 2.78. The van der Waals surface area contributed by atoms with Crippen LogP contribution in [0, 0.1) is 0 Å². The number of amides is 1. The Bertz CT molecular complexity index is 1240. The molecule has 0 aliphatic heterocycles. The summed E-state index contributed by atoms with van der Waals surface area (Å²) >= 11 is 0. The standard InChI is InChI=1S/C22H24N6O6S/c1-32-11-4-12-35(30,31)17-7-5-16(6-8-17)21(28-34-15-19-23-9-3-10-24-19)22(29)27-18-13-26-20(33-2)14-25-18/h3,5-10,13-14H,4,11-12,15H2,1-2H3,(H,25,27,29). The summed E-state index contributed by atoms with van der Waals surface area (Å²) in [6.07, 6.45) is 6.14. The first-order chi connectivity index (χ1) is 16.9. The Morgan fingerprint density at radius 3 is 2.40 bits per heavy atom. The molecule has 2 heterocycles. The number of nitrogens with zero attached hydrogens (tertiary/aromatic N) is 5. The number of methoxy groups -OCH3 is 2. The van der Waals surface area contributed by atoms with Gasteiger partial charge in [0.05, 0.1) is 30.2 Å². The second-order valence-electron chi connectivity index (χ2n) is 6.97. The summed E-state index contributed by atoms with van der Waals surface area (Å²) in [5.41, 5.74) is 0.218. The van der Waals surface area contributed by atoms with Crippen molar-refractivity contribution in [1.82, 2.24) is 19.9 Å². The number of nitrogens with one attached hydrogen (secondary N) is 1. The van der Waals surface area contributed by atoms with Crippen molar-refractivity contribution in [2.45, 2.75) is 17.9 Å². The van der Waals surface area contributed by atoms with Gasteiger partial charge in [0.25, 0.3) is 5.91 Å². The number of oxime groups is 1. The Kier molecular flexibility index (Phi) is 9.15. The molecule has 0 spiro atoms. The summed E-state index contributed by atoms with van der Waals surface area (Å²) in [4.78, 5) is 34.5. The first kappa shape index (κ1) is 25.6. The van der Waals surface area contributed by atoms with E-state index in [0.717, 1.165) is 0 Å². The lowest BCUT2D eigenvalue weighted by atomic mass is 10.1. The van der Waals surface area contributed by atoms with Crippen LogP contribution >= 0.6 is 0 Å². The molecule has 3 aromatic rings. The minimum absolute atomic E-state index is 0.0576. The van der Waals surface area contributed by atoms with Crippen molar-refractivity contribution in [3.63, 3.8) is 0 Å². The van der Waals surface area contributed by atoms with E-state index in [-0.39, 0.29) is 34.7 Å². The predicted molar refractivity (Wildman–Crippen MR) is 126 cm³/mol. The van der Waals surface area contributed by atoms with Crippen LogP contribution in [0.15, 0.2) is 65.2 Å². The molecule has 0 aliphatic carbocycles. The fraction of sp³-hybridized carbons (Fsp3) is 0.273. The molecular weight excluding hydrogens is 476 g/mol. The third-order valence-electron chi connectivity index (χ3n) is 4.51. The van der Waals surface area contributed by atoms with Gasteiger partial charge in [-0.25, -0.2) is 28.4 Å². The van der Waals surface area contributed by atoms with Crippen molar-refractivity contribution in [3.8, 4) is 5.88 Å². The highest BCUT2D eigenvalue weighted by molar-refractivity contribution is 7.91.